The summed E-state index contributed by atoms with van der Waals surface area (Å²) in [6.45, 7) is 1.53. The quantitative estimate of drug-likeness (QED) is 0.706. The van der Waals surface area contributed by atoms with Crippen LogP contribution >= 0.6 is 0 Å². The summed E-state index contributed by atoms with van der Waals surface area (Å²) in [7, 11) is -3.04. The van der Waals surface area contributed by atoms with Gasteiger partial charge in [0.15, 0.2) is 0 Å². The van der Waals surface area contributed by atoms with Crippen LogP contribution in [-0.2, 0) is 10.0 Å². The van der Waals surface area contributed by atoms with E-state index in [0.717, 1.165) is 25.8 Å². The molecular weight excluding hydrogens is 250 g/mol. The normalized spacial score (nSPS) is 33.6. The van der Waals surface area contributed by atoms with Crippen molar-refractivity contribution in [3.05, 3.63) is 0 Å². The van der Waals surface area contributed by atoms with Crippen LogP contribution in [0.5, 0.6) is 0 Å². The van der Waals surface area contributed by atoms with Crippen LogP contribution in [-0.4, -0.2) is 50.8 Å². The maximum Gasteiger partial charge on any atom is 0.208 e. The van der Waals surface area contributed by atoms with Gasteiger partial charge in [0.25, 0.3) is 0 Å². The topological polar surface area (TPSA) is 75.4 Å². The first-order chi connectivity index (χ1) is 8.46. The number of nitrogens with zero attached hydrogens (tertiary/aromatic N) is 1. The van der Waals surface area contributed by atoms with E-state index >= 15 is 0 Å². The smallest absolute Gasteiger partial charge is 0.208 e. The van der Waals surface area contributed by atoms with Crippen molar-refractivity contribution in [1.82, 2.24) is 9.62 Å². The van der Waals surface area contributed by atoms with E-state index in [1.165, 1.54) is 25.5 Å². The predicted octanol–water partition coefficient (Wildman–Crippen LogP) is 0.270. The summed E-state index contributed by atoms with van der Waals surface area (Å²) < 4.78 is 24.5. The molecule has 0 aliphatic carbocycles. The van der Waals surface area contributed by atoms with Gasteiger partial charge in [0.1, 0.15) is 0 Å². The molecule has 5 nitrogen and oxygen atoms in total. The van der Waals surface area contributed by atoms with Crippen LogP contribution in [0.3, 0.4) is 0 Å². The van der Waals surface area contributed by atoms with Gasteiger partial charge >= 0.3 is 0 Å². The van der Waals surface area contributed by atoms with Crippen LogP contribution < -0.4 is 10.5 Å². The summed E-state index contributed by atoms with van der Waals surface area (Å²) in [6, 6.07) is 1.63. The van der Waals surface area contributed by atoms with Crippen LogP contribution in [0.15, 0.2) is 0 Å². The number of hydrogen-bond acceptors (Lipinski definition) is 4. The maximum absolute atomic E-state index is 11.0. The Labute approximate surface area is 110 Å². The van der Waals surface area contributed by atoms with Gasteiger partial charge < -0.3 is 5.73 Å². The zero-order valence-electron chi connectivity index (χ0n) is 11.1. The Balaban J connectivity index is 1.78. The molecule has 2 aliphatic rings. The molecule has 2 heterocycles. The van der Waals surface area contributed by atoms with Gasteiger partial charge in [-0.15, -0.1) is 0 Å². The fraction of sp³-hybridized carbons (Fsp3) is 1.00. The molecule has 0 amide bonds. The lowest BCUT2D eigenvalue weighted by atomic mass is 9.82. The third-order valence-corrected chi connectivity index (χ3v) is 4.85. The van der Waals surface area contributed by atoms with Gasteiger partial charge in [0.05, 0.1) is 6.26 Å². The van der Waals surface area contributed by atoms with E-state index < -0.39 is 10.0 Å². The monoisotopic (exact) mass is 275 g/mol. The molecule has 2 aliphatic heterocycles. The van der Waals surface area contributed by atoms with Crippen molar-refractivity contribution >= 4 is 10.0 Å². The summed E-state index contributed by atoms with van der Waals surface area (Å²) >= 11 is 0. The molecule has 0 radical (unpaired) electrons. The first-order valence-electron chi connectivity index (χ1n) is 6.91. The van der Waals surface area contributed by atoms with E-state index in [2.05, 4.69) is 9.62 Å². The van der Waals surface area contributed by atoms with Crippen molar-refractivity contribution in [3.8, 4) is 0 Å². The van der Waals surface area contributed by atoms with Gasteiger partial charge in [0.2, 0.25) is 10.0 Å². The minimum Gasteiger partial charge on any atom is -0.328 e. The van der Waals surface area contributed by atoms with Crippen molar-refractivity contribution in [1.29, 1.82) is 0 Å². The number of nitrogens with one attached hydrogen (secondary N) is 1. The number of piperidine rings is 2. The molecule has 3 N–H and O–H groups in total. The van der Waals surface area contributed by atoms with Crippen molar-refractivity contribution in [3.63, 3.8) is 0 Å². The molecule has 106 valence electrons. The second-order valence-electron chi connectivity index (χ2n) is 5.73. The van der Waals surface area contributed by atoms with Gasteiger partial charge in [-0.05, 0) is 38.6 Å². The average molecular weight is 275 g/mol. The van der Waals surface area contributed by atoms with E-state index in [1.807, 2.05) is 0 Å². The zero-order valence-corrected chi connectivity index (χ0v) is 12.0. The van der Waals surface area contributed by atoms with E-state index in [1.54, 1.807) is 0 Å². The molecule has 2 saturated heterocycles. The lowest BCUT2D eigenvalue weighted by molar-refractivity contribution is 0.0311. The summed E-state index contributed by atoms with van der Waals surface area (Å²) in [5, 5.41) is 0. The standard InChI is InChI=1S/C12H25N3O2S/c1-18(16,17)14-6-3-7-15-11-4-2-5-12(15)9-10(13)8-11/h10-12,14H,2-9,13H2,1H3. The summed E-state index contributed by atoms with van der Waals surface area (Å²) in [4.78, 5) is 2.57. The molecule has 2 bridgehead atoms. The van der Waals surface area contributed by atoms with Crippen LogP contribution in [0.2, 0.25) is 0 Å². The van der Waals surface area contributed by atoms with Crippen LogP contribution in [0, 0.1) is 0 Å². The fourth-order valence-electron chi connectivity index (χ4n) is 3.40. The number of hydrogen-bond donors (Lipinski definition) is 2. The molecule has 2 fully saturated rings. The number of fused-ring (bicyclic) bond motifs is 2. The second kappa shape index (κ2) is 5.86. The fourth-order valence-corrected chi connectivity index (χ4v) is 3.92. The second-order valence-corrected chi connectivity index (χ2v) is 7.56. The summed E-state index contributed by atoms with van der Waals surface area (Å²) in [5.74, 6) is 0. The molecule has 0 aromatic heterocycles. The third-order valence-electron chi connectivity index (χ3n) is 4.12. The van der Waals surface area contributed by atoms with E-state index in [9.17, 15) is 8.42 Å². The van der Waals surface area contributed by atoms with Crippen molar-refractivity contribution in [2.45, 2.75) is 56.7 Å². The van der Waals surface area contributed by atoms with E-state index in [4.69, 9.17) is 5.73 Å². The van der Waals surface area contributed by atoms with Crippen LogP contribution in [0.4, 0.5) is 0 Å². The molecule has 6 heteroatoms. The molecule has 0 spiro atoms. The SMILES string of the molecule is CS(=O)(=O)NCCCN1C2CCCC1CC(N)C2. The summed E-state index contributed by atoms with van der Waals surface area (Å²) in [6.07, 6.45) is 8.14. The maximum atomic E-state index is 11.0. The Kier molecular flexibility index (Phi) is 4.64. The van der Waals surface area contributed by atoms with Gasteiger partial charge in [0, 0.05) is 24.7 Å². The molecule has 2 atom stereocenters. The lowest BCUT2D eigenvalue weighted by Gasteiger charge is -2.48. The molecule has 18 heavy (non-hydrogen) atoms. The number of sulfonamides is 1. The molecule has 2 unspecified atom stereocenters. The summed E-state index contributed by atoms with van der Waals surface area (Å²) in [5.41, 5.74) is 6.08. The Bertz CT molecular complexity index is 358. The first kappa shape index (κ1) is 14.2. The molecule has 0 aromatic rings. The average Bonchev–Trinajstić information content (AvgIpc) is 2.23. The van der Waals surface area contributed by atoms with Gasteiger partial charge in [-0.1, -0.05) is 6.42 Å². The number of rotatable bonds is 5. The third kappa shape index (κ3) is 3.91. The molecule has 0 aromatic carbocycles. The highest BCUT2D eigenvalue weighted by atomic mass is 32.2. The highest BCUT2D eigenvalue weighted by Gasteiger charge is 2.36. The van der Waals surface area contributed by atoms with Crippen molar-refractivity contribution in [2.24, 2.45) is 5.73 Å². The highest BCUT2D eigenvalue weighted by molar-refractivity contribution is 7.88. The van der Waals surface area contributed by atoms with Gasteiger partial charge in [-0.25, -0.2) is 13.1 Å². The zero-order chi connectivity index (χ0) is 13.2. The van der Waals surface area contributed by atoms with E-state index in [-0.39, 0.29) is 0 Å². The predicted molar refractivity (Wildman–Crippen MR) is 72.8 cm³/mol. The van der Waals surface area contributed by atoms with Crippen molar-refractivity contribution in [2.75, 3.05) is 19.3 Å². The number of nitrogens with two attached hydrogens (primary N) is 1. The van der Waals surface area contributed by atoms with Crippen LogP contribution in [0.25, 0.3) is 0 Å². The molecule has 0 saturated carbocycles. The highest BCUT2D eigenvalue weighted by Crippen LogP contribution is 2.33. The van der Waals surface area contributed by atoms with Crippen LogP contribution in [0.1, 0.15) is 38.5 Å². The van der Waals surface area contributed by atoms with E-state index in [0.29, 0.717) is 24.7 Å². The Hall–Kier alpha value is -0.170. The molecule has 2 rings (SSSR count). The Morgan fingerprint density at radius 3 is 2.44 bits per heavy atom. The minimum atomic E-state index is -3.04. The Morgan fingerprint density at radius 2 is 1.89 bits per heavy atom. The van der Waals surface area contributed by atoms with Crippen molar-refractivity contribution < 1.29 is 8.42 Å². The largest absolute Gasteiger partial charge is 0.328 e. The minimum absolute atomic E-state index is 0.366. The lowest BCUT2D eigenvalue weighted by Crippen LogP contribution is -2.55. The first-order valence-corrected chi connectivity index (χ1v) is 8.81. The van der Waals surface area contributed by atoms with Gasteiger partial charge in [-0.3, -0.25) is 4.90 Å². The Morgan fingerprint density at radius 1 is 1.28 bits per heavy atom. The van der Waals surface area contributed by atoms with Gasteiger partial charge in [-0.2, -0.15) is 0 Å². The molecular formula is C12H25N3O2S.